The Bertz CT molecular complexity index is 589. The molecule has 1 aromatic heterocycles. The zero-order chi connectivity index (χ0) is 13.8. The number of hydrogen-bond donors (Lipinski definition) is 2. The van der Waals surface area contributed by atoms with Crippen LogP contribution in [0.2, 0.25) is 0 Å². The maximum Gasteiger partial charge on any atom is 0.171 e. The monoisotopic (exact) mass is 274 g/mol. The fourth-order valence-electron chi connectivity index (χ4n) is 1.77. The van der Waals surface area contributed by atoms with Crippen LogP contribution in [-0.4, -0.2) is 14.9 Å². The molecule has 4 nitrogen and oxygen atoms in total. The molecule has 0 atom stereocenters. The summed E-state index contributed by atoms with van der Waals surface area (Å²) >= 11 is 5.29. The van der Waals surface area contributed by atoms with Crippen molar-refractivity contribution in [3.63, 3.8) is 0 Å². The van der Waals surface area contributed by atoms with Gasteiger partial charge in [0.25, 0.3) is 0 Å². The summed E-state index contributed by atoms with van der Waals surface area (Å²) in [5.41, 5.74) is 4.39. The fourth-order valence-corrected chi connectivity index (χ4v) is 1.95. The minimum atomic E-state index is 0.611. The molecule has 0 amide bonds. The summed E-state index contributed by atoms with van der Waals surface area (Å²) < 4.78 is 1.78. The number of anilines is 1. The van der Waals surface area contributed by atoms with E-state index in [1.54, 1.807) is 4.68 Å². The van der Waals surface area contributed by atoms with E-state index in [2.05, 4.69) is 47.8 Å². The van der Waals surface area contributed by atoms with Gasteiger partial charge in [0.05, 0.1) is 12.2 Å². The van der Waals surface area contributed by atoms with E-state index in [1.165, 1.54) is 11.1 Å². The number of rotatable bonds is 3. The molecule has 1 aromatic carbocycles. The van der Waals surface area contributed by atoms with Gasteiger partial charge in [-0.05, 0) is 49.3 Å². The molecule has 19 heavy (non-hydrogen) atoms. The molecule has 0 aliphatic carbocycles. The molecule has 0 spiro atoms. The van der Waals surface area contributed by atoms with Crippen molar-refractivity contribution in [2.45, 2.75) is 20.4 Å². The molecular formula is C14H18N4S. The Balaban J connectivity index is 1.92. The van der Waals surface area contributed by atoms with Gasteiger partial charge in [-0.25, -0.2) is 0 Å². The van der Waals surface area contributed by atoms with Crippen LogP contribution in [0.5, 0.6) is 0 Å². The van der Waals surface area contributed by atoms with E-state index >= 15 is 0 Å². The van der Waals surface area contributed by atoms with Crippen molar-refractivity contribution >= 4 is 23.0 Å². The lowest BCUT2D eigenvalue weighted by Crippen LogP contribution is -2.28. The van der Waals surface area contributed by atoms with Gasteiger partial charge in [0.15, 0.2) is 5.11 Å². The molecule has 2 rings (SSSR count). The Kier molecular flexibility index (Phi) is 4.16. The average Bonchev–Trinajstić information content (AvgIpc) is 2.77. The molecule has 0 unspecified atom stereocenters. The van der Waals surface area contributed by atoms with Gasteiger partial charge in [-0.15, -0.1) is 0 Å². The van der Waals surface area contributed by atoms with Crippen molar-refractivity contribution < 1.29 is 0 Å². The minimum absolute atomic E-state index is 0.611. The van der Waals surface area contributed by atoms with E-state index in [-0.39, 0.29) is 0 Å². The van der Waals surface area contributed by atoms with Crippen LogP contribution >= 0.6 is 12.2 Å². The molecule has 0 fully saturated rings. The highest BCUT2D eigenvalue weighted by atomic mass is 32.1. The Labute approximate surface area is 118 Å². The Morgan fingerprint density at radius 1 is 1.32 bits per heavy atom. The minimum Gasteiger partial charge on any atom is -0.357 e. The average molecular weight is 274 g/mol. The smallest absolute Gasteiger partial charge is 0.171 e. The molecule has 2 aromatic rings. The van der Waals surface area contributed by atoms with Gasteiger partial charge in [0, 0.05) is 18.9 Å². The number of aromatic nitrogens is 2. The Morgan fingerprint density at radius 2 is 2.11 bits per heavy atom. The van der Waals surface area contributed by atoms with Crippen LogP contribution in [0.3, 0.4) is 0 Å². The predicted octanol–water partition coefficient (Wildman–Crippen LogP) is 2.52. The zero-order valence-corrected chi connectivity index (χ0v) is 12.2. The Hall–Kier alpha value is -1.88. The maximum atomic E-state index is 5.29. The summed E-state index contributed by atoms with van der Waals surface area (Å²) in [6, 6.07) is 8.22. The van der Waals surface area contributed by atoms with E-state index in [0.29, 0.717) is 11.7 Å². The largest absolute Gasteiger partial charge is 0.357 e. The van der Waals surface area contributed by atoms with Gasteiger partial charge in [0.2, 0.25) is 0 Å². The van der Waals surface area contributed by atoms with E-state index in [9.17, 15) is 0 Å². The van der Waals surface area contributed by atoms with Gasteiger partial charge in [-0.1, -0.05) is 12.1 Å². The lowest BCUT2D eigenvalue weighted by atomic mass is 10.1. The highest BCUT2D eigenvalue weighted by molar-refractivity contribution is 7.80. The predicted molar refractivity (Wildman–Crippen MR) is 82.2 cm³/mol. The van der Waals surface area contributed by atoms with E-state index < -0.39 is 0 Å². The van der Waals surface area contributed by atoms with Crippen LogP contribution in [0.15, 0.2) is 30.5 Å². The highest BCUT2D eigenvalue weighted by Gasteiger charge is 2.02. The van der Waals surface area contributed by atoms with Crippen LogP contribution < -0.4 is 10.6 Å². The van der Waals surface area contributed by atoms with Crippen molar-refractivity contribution in [3.8, 4) is 0 Å². The first kappa shape index (κ1) is 13.5. The SMILES string of the molecule is Cc1ccc(C)c(NC(=S)NCc2ccn(C)n2)c1. The van der Waals surface area contributed by atoms with Gasteiger partial charge in [0.1, 0.15) is 0 Å². The first-order valence-corrected chi connectivity index (χ1v) is 6.56. The second-order valence-electron chi connectivity index (χ2n) is 4.61. The molecule has 0 saturated heterocycles. The molecular weight excluding hydrogens is 256 g/mol. The van der Waals surface area contributed by atoms with Crippen LogP contribution in [0.25, 0.3) is 0 Å². The third-order valence-corrected chi connectivity index (χ3v) is 3.09. The number of aryl methyl sites for hydroxylation is 3. The van der Waals surface area contributed by atoms with Crippen molar-refractivity contribution in [3.05, 3.63) is 47.3 Å². The molecule has 100 valence electrons. The van der Waals surface area contributed by atoms with Crippen molar-refractivity contribution in [2.75, 3.05) is 5.32 Å². The summed E-state index contributed by atoms with van der Waals surface area (Å²) in [6.07, 6.45) is 1.91. The lowest BCUT2D eigenvalue weighted by Gasteiger charge is -2.12. The quantitative estimate of drug-likeness (QED) is 0.844. The second-order valence-corrected chi connectivity index (χ2v) is 5.02. The van der Waals surface area contributed by atoms with E-state index in [4.69, 9.17) is 12.2 Å². The maximum absolute atomic E-state index is 5.29. The third kappa shape index (κ3) is 3.79. The molecule has 0 bridgehead atoms. The molecule has 0 saturated carbocycles. The first-order chi connectivity index (χ1) is 9.04. The van der Waals surface area contributed by atoms with Gasteiger partial charge in [-0.3, -0.25) is 4.68 Å². The molecule has 2 N–H and O–H groups in total. The topological polar surface area (TPSA) is 41.9 Å². The molecule has 0 aliphatic rings. The number of hydrogen-bond acceptors (Lipinski definition) is 2. The first-order valence-electron chi connectivity index (χ1n) is 6.15. The number of nitrogens with one attached hydrogen (secondary N) is 2. The van der Waals surface area contributed by atoms with Crippen LogP contribution in [0, 0.1) is 13.8 Å². The van der Waals surface area contributed by atoms with Gasteiger partial charge in [-0.2, -0.15) is 5.10 Å². The fraction of sp³-hybridized carbons (Fsp3) is 0.286. The highest BCUT2D eigenvalue weighted by Crippen LogP contribution is 2.16. The van der Waals surface area contributed by atoms with E-state index in [1.807, 2.05) is 19.3 Å². The molecule has 0 aliphatic heterocycles. The molecule has 5 heteroatoms. The molecule has 0 radical (unpaired) electrons. The zero-order valence-electron chi connectivity index (χ0n) is 11.4. The summed E-state index contributed by atoms with van der Waals surface area (Å²) in [6.45, 7) is 4.75. The van der Waals surface area contributed by atoms with Crippen molar-refractivity contribution in [1.29, 1.82) is 0 Å². The number of benzene rings is 1. The van der Waals surface area contributed by atoms with Crippen molar-refractivity contribution in [1.82, 2.24) is 15.1 Å². The standard InChI is InChI=1S/C14H18N4S/c1-10-4-5-11(2)13(8-10)16-14(19)15-9-12-6-7-18(3)17-12/h4-8H,9H2,1-3H3,(H2,15,16,19). The summed E-state index contributed by atoms with van der Waals surface area (Å²) in [7, 11) is 1.90. The van der Waals surface area contributed by atoms with Crippen LogP contribution in [0.1, 0.15) is 16.8 Å². The Morgan fingerprint density at radius 3 is 2.79 bits per heavy atom. The summed E-state index contributed by atoms with van der Waals surface area (Å²) in [5, 5.41) is 11.3. The van der Waals surface area contributed by atoms with Crippen molar-refractivity contribution in [2.24, 2.45) is 7.05 Å². The third-order valence-electron chi connectivity index (χ3n) is 2.84. The lowest BCUT2D eigenvalue weighted by molar-refractivity contribution is 0.731. The number of thiocarbonyl (C=S) groups is 1. The number of nitrogens with zero attached hydrogens (tertiary/aromatic N) is 2. The van der Waals surface area contributed by atoms with E-state index in [0.717, 1.165) is 11.4 Å². The van der Waals surface area contributed by atoms with Gasteiger partial charge < -0.3 is 10.6 Å². The van der Waals surface area contributed by atoms with Crippen LogP contribution in [-0.2, 0) is 13.6 Å². The second kappa shape index (κ2) is 5.84. The summed E-state index contributed by atoms with van der Waals surface area (Å²) in [5.74, 6) is 0. The van der Waals surface area contributed by atoms with Crippen LogP contribution in [0.4, 0.5) is 5.69 Å². The summed E-state index contributed by atoms with van der Waals surface area (Å²) in [4.78, 5) is 0. The van der Waals surface area contributed by atoms with Gasteiger partial charge >= 0.3 is 0 Å². The molecule has 1 heterocycles. The normalized spacial score (nSPS) is 10.3.